The third-order valence-corrected chi connectivity index (χ3v) is 2.83. The first-order valence-corrected chi connectivity index (χ1v) is 5.36. The van der Waals surface area contributed by atoms with Gasteiger partial charge in [0.15, 0.2) is 0 Å². The summed E-state index contributed by atoms with van der Waals surface area (Å²) in [5, 5.41) is 14.6. The van der Waals surface area contributed by atoms with Gasteiger partial charge in [-0.3, -0.25) is 9.78 Å². The van der Waals surface area contributed by atoms with E-state index in [4.69, 9.17) is 0 Å². The molecule has 0 saturated heterocycles. The van der Waals surface area contributed by atoms with Gasteiger partial charge in [-0.05, 0) is 19.9 Å². The number of nitrogens with zero attached hydrogens (tertiary/aromatic N) is 3. The normalized spacial score (nSPS) is 10.9. The Morgan fingerprint density at radius 2 is 2.19 bits per heavy atom. The van der Waals surface area contributed by atoms with Crippen molar-refractivity contribution >= 4 is 0 Å². The molecule has 2 aromatic rings. The van der Waals surface area contributed by atoms with Gasteiger partial charge < -0.3 is 5.32 Å². The summed E-state index contributed by atoms with van der Waals surface area (Å²) in [6, 6.07) is 1.97. The lowest BCUT2D eigenvalue weighted by molar-refractivity contribution is 0.670. The first-order valence-electron chi connectivity index (χ1n) is 5.36. The number of aryl methyl sites for hydroxylation is 2. The largest absolute Gasteiger partial charge is 0.307 e. The zero-order valence-electron chi connectivity index (χ0n) is 9.91. The average Bonchev–Trinajstić information content (AvgIpc) is 2.82. The summed E-state index contributed by atoms with van der Waals surface area (Å²) < 4.78 is 1.92. The van der Waals surface area contributed by atoms with Crippen molar-refractivity contribution in [3.63, 3.8) is 0 Å². The highest BCUT2D eigenvalue weighted by atomic mass is 15.3. The summed E-state index contributed by atoms with van der Waals surface area (Å²) in [7, 11) is 1.97. The van der Waals surface area contributed by atoms with E-state index >= 15 is 0 Å². The van der Waals surface area contributed by atoms with Gasteiger partial charge in [0.25, 0.3) is 0 Å². The van der Waals surface area contributed by atoms with Crippen LogP contribution in [0.3, 0.4) is 0 Å². The zero-order chi connectivity index (χ0) is 11.5. The van der Waals surface area contributed by atoms with E-state index in [1.807, 2.05) is 24.7 Å². The fraction of sp³-hybridized carbons (Fsp3) is 0.455. The number of hydrogen-bond acceptors (Lipinski definition) is 3. The van der Waals surface area contributed by atoms with Crippen LogP contribution in [0, 0.1) is 13.8 Å². The number of aromatic nitrogens is 4. The molecule has 0 atom stereocenters. The average molecular weight is 219 g/mol. The molecule has 86 valence electrons. The molecule has 5 heteroatoms. The van der Waals surface area contributed by atoms with Crippen LogP contribution in [-0.2, 0) is 20.1 Å². The molecular weight excluding hydrogens is 202 g/mol. The Hall–Kier alpha value is -1.62. The van der Waals surface area contributed by atoms with E-state index in [2.05, 4.69) is 27.5 Å². The van der Waals surface area contributed by atoms with Gasteiger partial charge in [-0.25, -0.2) is 0 Å². The van der Waals surface area contributed by atoms with Gasteiger partial charge in [0.05, 0.1) is 5.69 Å². The second kappa shape index (κ2) is 4.49. The van der Waals surface area contributed by atoms with E-state index in [9.17, 15) is 0 Å². The minimum absolute atomic E-state index is 0.799. The molecule has 0 aliphatic rings. The van der Waals surface area contributed by atoms with Crippen molar-refractivity contribution in [2.45, 2.75) is 26.9 Å². The minimum Gasteiger partial charge on any atom is -0.307 e. The smallest absolute Gasteiger partial charge is 0.0641 e. The fourth-order valence-corrected chi connectivity index (χ4v) is 1.78. The van der Waals surface area contributed by atoms with E-state index in [1.165, 1.54) is 11.3 Å². The number of nitrogens with one attached hydrogen (secondary N) is 2. The van der Waals surface area contributed by atoms with Gasteiger partial charge in [0.1, 0.15) is 0 Å². The van der Waals surface area contributed by atoms with Crippen LogP contribution in [0.2, 0.25) is 0 Å². The Kier molecular flexibility index (Phi) is 3.05. The molecule has 2 rings (SSSR count). The molecule has 0 fully saturated rings. The van der Waals surface area contributed by atoms with Crippen molar-refractivity contribution in [1.29, 1.82) is 0 Å². The molecule has 0 amide bonds. The molecule has 0 bridgehead atoms. The Bertz CT molecular complexity index is 455. The van der Waals surface area contributed by atoms with Crippen LogP contribution in [0.25, 0.3) is 0 Å². The summed E-state index contributed by atoms with van der Waals surface area (Å²) in [5.74, 6) is 0. The quantitative estimate of drug-likeness (QED) is 0.808. The third kappa shape index (κ3) is 2.14. The summed E-state index contributed by atoms with van der Waals surface area (Å²) in [4.78, 5) is 0. The van der Waals surface area contributed by atoms with Crippen molar-refractivity contribution < 1.29 is 0 Å². The summed E-state index contributed by atoms with van der Waals surface area (Å²) >= 11 is 0. The van der Waals surface area contributed by atoms with Crippen LogP contribution in [0.1, 0.15) is 22.6 Å². The number of hydrogen-bond donors (Lipinski definition) is 2. The topological polar surface area (TPSA) is 58.5 Å². The van der Waals surface area contributed by atoms with Crippen molar-refractivity contribution in [3.05, 3.63) is 34.9 Å². The fourth-order valence-electron chi connectivity index (χ4n) is 1.78. The Balaban J connectivity index is 1.95. The van der Waals surface area contributed by atoms with Crippen molar-refractivity contribution in [2.24, 2.45) is 7.05 Å². The highest BCUT2D eigenvalue weighted by Gasteiger charge is 2.08. The molecule has 5 nitrogen and oxygen atoms in total. The first-order chi connectivity index (χ1) is 7.68. The lowest BCUT2D eigenvalue weighted by atomic mass is 10.2. The van der Waals surface area contributed by atoms with Crippen molar-refractivity contribution in [2.75, 3.05) is 0 Å². The SMILES string of the molecule is Cc1nn(C)c(C)c1CNCc1ccn[nH]1. The molecule has 0 aliphatic carbocycles. The van der Waals surface area contributed by atoms with E-state index < -0.39 is 0 Å². The van der Waals surface area contributed by atoms with Crippen molar-refractivity contribution in [1.82, 2.24) is 25.3 Å². The molecule has 2 aromatic heterocycles. The first kappa shape index (κ1) is 10.9. The van der Waals surface area contributed by atoms with Crippen LogP contribution in [0.4, 0.5) is 0 Å². The second-order valence-electron chi connectivity index (χ2n) is 3.96. The number of H-pyrrole nitrogens is 1. The molecule has 0 aromatic carbocycles. The maximum atomic E-state index is 4.38. The lowest BCUT2D eigenvalue weighted by Crippen LogP contribution is -2.14. The summed E-state index contributed by atoms with van der Waals surface area (Å²) in [5.41, 5.74) is 4.69. The van der Waals surface area contributed by atoms with Crippen LogP contribution in [-0.4, -0.2) is 20.0 Å². The molecule has 0 aliphatic heterocycles. The molecule has 0 radical (unpaired) electrons. The monoisotopic (exact) mass is 219 g/mol. The molecule has 0 unspecified atom stereocenters. The van der Waals surface area contributed by atoms with E-state index in [0.717, 1.165) is 24.5 Å². The van der Waals surface area contributed by atoms with Gasteiger partial charge in [0.2, 0.25) is 0 Å². The standard InChI is InChI=1S/C11H17N5/c1-8-11(9(2)16(3)15-8)7-12-6-10-4-5-13-14-10/h4-5,12H,6-7H2,1-3H3,(H,13,14). The summed E-state index contributed by atoms with van der Waals surface area (Å²) in [6.45, 7) is 5.77. The molecule has 0 spiro atoms. The highest BCUT2D eigenvalue weighted by Crippen LogP contribution is 2.11. The molecule has 16 heavy (non-hydrogen) atoms. The molecule has 0 saturated carbocycles. The van der Waals surface area contributed by atoms with Crippen LogP contribution in [0.15, 0.2) is 12.3 Å². The van der Waals surface area contributed by atoms with Crippen LogP contribution in [0.5, 0.6) is 0 Å². The molecule has 2 heterocycles. The van der Waals surface area contributed by atoms with Gasteiger partial charge in [-0.1, -0.05) is 0 Å². The summed E-state index contributed by atoms with van der Waals surface area (Å²) in [6.07, 6.45) is 1.76. The van der Waals surface area contributed by atoms with E-state index in [-0.39, 0.29) is 0 Å². The predicted octanol–water partition coefficient (Wildman–Crippen LogP) is 1.05. The van der Waals surface area contributed by atoms with Gasteiger partial charge in [-0.15, -0.1) is 0 Å². The maximum absolute atomic E-state index is 4.38. The Morgan fingerprint density at radius 3 is 2.75 bits per heavy atom. The van der Waals surface area contributed by atoms with Crippen LogP contribution >= 0.6 is 0 Å². The molecular formula is C11H17N5. The maximum Gasteiger partial charge on any atom is 0.0641 e. The Morgan fingerprint density at radius 1 is 1.38 bits per heavy atom. The third-order valence-electron chi connectivity index (χ3n) is 2.83. The van der Waals surface area contributed by atoms with Gasteiger partial charge in [-0.2, -0.15) is 10.2 Å². The minimum atomic E-state index is 0.799. The predicted molar refractivity (Wildman–Crippen MR) is 61.8 cm³/mol. The highest BCUT2D eigenvalue weighted by molar-refractivity contribution is 5.24. The van der Waals surface area contributed by atoms with E-state index in [0.29, 0.717) is 0 Å². The number of rotatable bonds is 4. The van der Waals surface area contributed by atoms with Crippen LogP contribution < -0.4 is 5.32 Å². The zero-order valence-corrected chi connectivity index (χ0v) is 9.91. The van der Waals surface area contributed by atoms with Gasteiger partial charge in [0, 0.05) is 43.3 Å². The Labute approximate surface area is 94.9 Å². The lowest BCUT2D eigenvalue weighted by Gasteiger charge is -2.03. The second-order valence-corrected chi connectivity index (χ2v) is 3.96. The van der Waals surface area contributed by atoms with E-state index in [1.54, 1.807) is 6.20 Å². The number of aromatic amines is 1. The van der Waals surface area contributed by atoms with Crippen molar-refractivity contribution in [3.8, 4) is 0 Å². The molecule has 2 N–H and O–H groups in total. The van der Waals surface area contributed by atoms with Gasteiger partial charge >= 0.3 is 0 Å².